The number of ether oxygens (including phenoxy) is 1. The first-order chi connectivity index (χ1) is 18.5. The van der Waals surface area contributed by atoms with Gasteiger partial charge in [0.2, 0.25) is 0 Å². The van der Waals surface area contributed by atoms with Crippen LogP contribution >= 0.6 is 11.6 Å². The van der Waals surface area contributed by atoms with Crippen LogP contribution in [0.2, 0.25) is 5.02 Å². The number of rotatable bonds is 7. The van der Waals surface area contributed by atoms with Crippen molar-refractivity contribution in [2.45, 2.75) is 62.9 Å². The van der Waals surface area contributed by atoms with Crippen molar-refractivity contribution < 1.29 is 40.9 Å². The minimum atomic E-state index is -4.41. The molecule has 0 unspecified atom stereocenters. The van der Waals surface area contributed by atoms with Gasteiger partial charge in [-0.05, 0) is 57.0 Å². The van der Waals surface area contributed by atoms with E-state index in [4.69, 9.17) is 16.3 Å². The molecule has 0 bridgehead atoms. The highest BCUT2D eigenvalue weighted by atomic mass is 35.5. The maximum atomic E-state index is 15.0. The van der Waals surface area contributed by atoms with Gasteiger partial charge < -0.3 is 20.3 Å². The van der Waals surface area contributed by atoms with Crippen LogP contribution in [0.15, 0.2) is 41.3 Å². The Morgan fingerprint density at radius 2 is 1.80 bits per heavy atom. The second-order valence-corrected chi connectivity index (χ2v) is 11.9. The van der Waals surface area contributed by atoms with E-state index in [1.54, 1.807) is 45.0 Å². The summed E-state index contributed by atoms with van der Waals surface area (Å²) < 4.78 is 70.8. The maximum absolute atomic E-state index is 15.0. The number of alkyl carbamates (subject to hydrolysis) is 1. The predicted molar refractivity (Wildman–Crippen MR) is 141 cm³/mol. The fourth-order valence-corrected chi connectivity index (χ4v) is 5.28. The third kappa shape index (κ3) is 8.65. The molecule has 8 nitrogen and oxygen atoms in total. The summed E-state index contributed by atoms with van der Waals surface area (Å²) in [5.74, 6) is -3.17. The number of anilines is 1. The SMILES string of the molecule is CC(C)(C)OC(=O)N[C@H]1C[S@](=O)c2cc(F)c(C(=O)NCCCC(F)(F)F)cc2N(Cc2ccc(Cl)cc2)C1=O. The van der Waals surface area contributed by atoms with Gasteiger partial charge in [-0.15, -0.1) is 0 Å². The number of nitrogens with zero attached hydrogens (tertiary/aromatic N) is 1. The Kier molecular flexibility index (Phi) is 9.83. The average Bonchev–Trinajstić information content (AvgIpc) is 2.91. The molecule has 0 aliphatic carbocycles. The zero-order valence-electron chi connectivity index (χ0n) is 21.9. The molecule has 218 valence electrons. The summed E-state index contributed by atoms with van der Waals surface area (Å²) in [6.07, 6.45) is -6.87. The van der Waals surface area contributed by atoms with Crippen LogP contribution < -0.4 is 15.5 Å². The van der Waals surface area contributed by atoms with Gasteiger partial charge in [-0.25, -0.2) is 9.18 Å². The molecular formula is C26H28ClF4N3O5S. The second-order valence-electron chi connectivity index (χ2n) is 10.0. The largest absolute Gasteiger partial charge is 0.444 e. The number of alkyl halides is 3. The standard InChI is InChI=1S/C26H28ClF4N3O5S/c1-25(2,3)39-24(37)33-19-14-40(38)21-12-18(28)17(22(35)32-10-4-9-26(29,30)31)11-20(21)34(23(19)36)13-15-5-7-16(27)8-6-15/h5-8,11-12,19H,4,9-10,13-14H2,1-3H3,(H,32,35)(H,33,37)/t19-,40-/m0/s1. The summed E-state index contributed by atoms with van der Waals surface area (Å²) in [4.78, 5) is 39.9. The minimum Gasteiger partial charge on any atom is -0.444 e. The van der Waals surface area contributed by atoms with E-state index in [9.17, 15) is 31.8 Å². The van der Waals surface area contributed by atoms with Gasteiger partial charge >= 0.3 is 12.3 Å². The number of nitrogens with one attached hydrogen (secondary N) is 2. The van der Waals surface area contributed by atoms with Crippen LogP contribution in [-0.2, 0) is 26.9 Å². The molecule has 3 rings (SSSR count). The first-order valence-corrected chi connectivity index (χ1v) is 13.9. The molecule has 0 fully saturated rings. The summed E-state index contributed by atoms with van der Waals surface area (Å²) in [6, 6.07) is 6.99. The summed E-state index contributed by atoms with van der Waals surface area (Å²) in [7, 11) is -2.00. The van der Waals surface area contributed by atoms with E-state index in [0.717, 1.165) is 17.0 Å². The molecule has 2 aromatic carbocycles. The van der Waals surface area contributed by atoms with E-state index in [1.165, 1.54) is 0 Å². The molecule has 0 saturated carbocycles. The summed E-state index contributed by atoms with van der Waals surface area (Å²) >= 11 is 5.96. The number of halogens is 5. The van der Waals surface area contributed by atoms with Gasteiger partial charge in [0.1, 0.15) is 17.5 Å². The molecule has 0 saturated heterocycles. The Morgan fingerprint density at radius 3 is 2.40 bits per heavy atom. The fourth-order valence-electron chi connectivity index (χ4n) is 3.80. The fraction of sp³-hybridized carbons (Fsp3) is 0.423. The van der Waals surface area contributed by atoms with Crippen molar-refractivity contribution in [1.82, 2.24) is 10.6 Å². The van der Waals surface area contributed by atoms with E-state index in [1.807, 2.05) is 0 Å². The molecule has 2 N–H and O–H groups in total. The smallest absolute Gasteiger partial charge is 0.408 e. The molecule has 3 amide bonds. The quantitative estimate of drug-likeness (QED) is 0.338. The predicted octanol–water partition coefficient (Wildman–Crippen LogP) is 5.10. The van der Waals surface area contributed by atoms with Crippen LogP contribution in [0.5, 0.6) is 0 Å². The highest BCUT2D eigenvalue weighted by molar-refractivity contribution is 7.85. The Labute approximate surface area is 235 Å². The lowest BCUT2D eigenvalue weighted by Gasteiger charge is -2.27. The number of fused-ring (bicyclic) bond motifs is 1. The van der Waals surface area contributed by atoms with Crippen molar-refractivity contribution >= 4 is 46.0 Å². The lowest BCUT2D eigenvalue weighted by atomic mass is 10.1. The van der Waals surface area contributed by atoms with E-state index >= 15 is 4.39 Å². The van der Waals surface area contributed by atoms with Crippen molar-refractivity contribution in [1.29, 1.82) is 0 Å². The molecule has 40 heavy (non-hydrogen) atoms. The van der Waals surface area contributed by atoms with Crippen molar-refractivity contribution in [3.8, 4) is 0 Å². The number of amides is 3. The normalized spacial score (nSPS) is 17.6. The Balaban J connectivity index is 1.98. The Bertz CT molecular complexity index is 1300. The molecule has 0 spiro atoms. The van der Waals surface area contributed by atoms with Crippen molar-refractivity contribution in [3.05, 3.63) is 58.4 Å². The van der Waals surface area contributed by atoms with Crippen molar-refractivity contribution in [2.75, 3.05) is 17.2 Å². The molecule has 14 heteroatoms. The summed E-state index contributed by atoms with van der Waals surface area (Å²) in [5, 5.41) is 5.09. The number of carbonyl (C=O) groups is 3. The first-order valence-electron chi connectivity index (χ1n) is 12.2. The van der Waals surface area contributed by atoms with E-state index < -0.39 is 76.5 Å². The van der Waals surface area contributed by atoms with Gasteiger partial charge in [0.15, 0.2) is 0 Å². The van der Waals surface area contributed by atoms with E-state index in [2.05, 4.69) is 10.6 Å². The van der Waals surface area contributed by atoms with Gasteiger partial charge in [0, 0.05) is 18.0 Å². The lowest BCUT2D eigenvalue weighted by molar-refractivity contribution is -0.135. The van der Waals surface area contributed by atoms with Crippen molar-refractivity contribution in [2.24, 2.45) is 0 Å². The number of carbonyl (C=O) groups excluding carboxylic acids is 3. The third-order valence-electron chi connectivity index (χ3n) is 5.58. The van der Waals surface area contributed by atoms with Crippen LogP contribution in [0.1, 0.15) is 49.5 Å². The van der Waals surface area contributed by atoms with Crippen LogP contribution in [0.4, 0.5) is 28.0 Å². The molecule has 0 aromatic heterocycles. The van der Waals surface area contributed by atoms with Crippen LogP contribution in [0.3, 0.4) is 0 Å². The monoisotopic (exact) mass is 605 g/mol. The van der Waals surface area contributed by atoms with Gasteiger partial charge in [-0.1, -0.05) is 23.7 Å². The van der Waals surface area contributed by atoms with E-state index in [0.29, 0.717) is 10.6 Å². The Hall–Kier alpha value is -3.19. The zero-order chi connectivity index (χ0) is 29.8. The first kappa shape index (κ1) is 31.3. The zero-order valence-corrected chi connectivity index (χ0v) is 23.4. The summed E-state index contributed by atoms with van der Waals surface area (Å²) in [5.41, 5.74) is -0.896. The number of hydrogen-bond donors (Lipinski definition) is 2. The maximum Gasteiger partial charge on any atom is 0.408 e. The van der Waals surface area contributed by atoms with Gasteiger partial charge in [0.05, 0.1) is 39.2 Å². The third-order valence-corrected chi connectivity index (χ3v) is 7.28. The molecule has 2 atom stereocenters. The average molecular weight is 606 g/mol. The molecular weight excluding hydrogens is 578 g/mol. The van der Waals surface area contributed by atoms with Crippen LogP contribution in [-0.4, -0.2) is 52.2 Å². The van der Waals surface area contributed by atoms with Crippen LogP contribution in [0, 0.1) is 5.82 Å². The molecule has 1 aliphatic rings. The van der Waals surface area contributed by atoms with Gasteiger partial charge in [-0.2, -0.15) is 13.2 Å². The van der Waals surface area contributed by atoms with Gasteiger partial charge in [-0.3, -0.25) is 13.8 Å². The molecule has 2 aromatic rings. The minimum absolute atomic E-state index is 0.0476. The molecule has 1 aliphatic heterocycles. The molecule has 0 radical (unpaired) electrons. The van der Waals surface area contributed by atoms with Crippen LogP contribution in [0.25, 0.3) is 0 Å². The highest BCUT2D eigenvalue weighted by Gasteiger charge is 2.37. The second kappa shape index (κ2) is 12.5. The number of hydrogen-bond acceptors (Lipinski definition) is 5. The Morgan fingerprint density at radius 1 is 1.15 bits per heavy atom. The van der Waals surface area contributed by atoms with Crippen molar-refractivity contribution in [3.63, 3.8) is 0 Å². The number of benzene rings is 2. The summed E-state index contributed by atoms with van der Waals surface area (Å²) in [6.45, 7) is 4.39. The molecule has 1 heterocycles. The van der Waals surface area contributed by atoms with E-state index in [-0.39, 0.29) is 23.7 Å². The highest BCUT2D eigenvalue weighted by Crippen LogP contribution is 2.33. The lowest BCUT2D eigenvalue weighted by Crippen LogP contribution is -2.51. The topological polar surface area (TPSA) is 105 Å². The van der Waals surface area contributed by atoms with Gasteiger partial charge in [0.25, 0.3) is 11.8 Å².